The van der Waals surface area contributed by atoms with Gasteiger partial charge in [-0.15, -0.1) is 0 Å². The van der Waals surface area contributed by atoms with Crippen LogP contribution in [0, 0.1) is 13.8 Å². The molecule has 0 saturated heterocycles. The van der Waals surface area contributed by atoms with Crippen molar-refractivity contribution in [1.29, 1.82) is 0 Å². The van der Waals surface area contributed by atoms with Gasteiger partial charge in [0.25, 0.3) is 0 Å². The summed E-state index contributed by atoms with van der Waals surface area (Å²) in [5, 5.41) is 6.90. The molecule has 9 rings (SSSR count). The Balaban J connectivity index is 1.20. The molecule has 0 radical (unpaired) electrons. The number of benzene rings is 6. The van der Waals surface area contributed by atoms with Crippen LogP contribution >= 0.6 is 0 Å². The van der Waals surface area contributed by atoms with E-state index in [1.165, 1.54) is 22.2 Å². The molecule has 5 nitrogen and oxygen atoms in total. The van der Waals surface area contributed by atoms with Gasteiger partial charge in [0, 0.05) is 28.4 Å². The molecule has 0 spiro atoms. The first kappa shape index (κ1) is 25.5. The van der Waals surface area contributed by atoms with Crippen LogP contribution in [-0.4, -0.2) is 19.1 Å². The van der Waals surface area contributed by atoms with E-state index in [2.05, 4.69) is 125 Å². The Kier molecular flexibility index (Phi) is 5.56. The Hall–Kier alpha value is -5.94. The third kappa shape index (κ3) is 3.94. The second kappa shape index (κ2) is 9.79. The zero-order valence-electron chi connectivity index (χ0n) is 24.9. The van der Waals surface area contributed by atoms with E-state index in [0.717, 1.165) is 66.3 Å². The van der Waals surface area contributed by atoms with Crippen molar-refractivity contribution in [2.45, 2.75) is 13.8 Å². The standard InChI is InChI=1S/C40H28N4O/c1-25-8-7-9-26(2)40(25)43-24-42-39-35(43)20-16-28-14-13-27-15-17-29(22-33(27)38(28)39)45-30-18-19-32-31-10-3-4-11-34(31)44(36(32)23-30)37-12-5-6-21-41-37/h3-24H,1-2H3. The largest absolute Gasteiger partial charge is 0.457 e. The summed E-state index contributed by atoms with van der Waals surface area (Å²) in [4.78, 5) is 9.64. The molecule has 3 heterocycles. The van der Waals surface area contributed by atoms with Gasteiger partial charge in [-0.1, -0.05) is 66.7 Å². The van der Waals surface area contributed by atoms with E-state index in [0.29, 0.717) is 0 Å². The minimum atomic E-state index is 0.770. The minimum Gasteiger partial charge on any atom is -0.457 e. The fraction of sp³-hybridized carbons (Fsp3) is 0.0500. The van der Waals surface area contributed by atoms with Crippen LogP contribution < -0.4 is 4.74 Å². The predicted octanol–water partition coefficient (Wildman–Crippen LogP) is 10.2. The van der Waals surface area contributed by atoms with Crippen LogP contribution in [0.3, 0.4) is 0 Å². The quantitative estimate of drug-likeness (QED) is 0.195. The third-order valence-corrected chi connectivity index (χ3v) is 8.93. The predicted molar refractivity (Wildman–Crippen MR) is 184 cm³/mol. The second-order valence-corrected chi connectivity index (χ2v) is 11.7. The molecule has 0 aliphatic heterocycles. The van der Waals surface area contributed by atoms with Crippen molar-refractivity contribution in [3.8, 4) is 23.0 Å². The van der Waals surface area contributed by atoms with E-state index in [1.807, 2.05) is 36.8 Å². The first-order valence-electron chi connectivity index (χ1n) is 15.2. The number of pyridine rings is 1. The lowest BCUT2D eigenvalue weighted by atomic mass is 10.0. The van der Waals surface area contributed by atoms with Crippen LogP contribution in [0.25, 0.3) is 65.9 Å². The number of aryl methyl sites for hydroxylation is 2. The lowest BCUT2D eigenvalue weighted by Gasteiger charge is -2.13. The molecule has 0 fully saturated rings. The summed E-state index contributed by atoms with van der Waals surface area (Å²) in [5.41, 5.74) is 7.87. The molecule has 0 N–H and O–H groups in total. The van der Waals surface area contributed by atoms with Crippen LogP contribution in [-0.2, 0) is 0 Å². The van der Waals surface area contributed by atoms with Gasteiger partial charge in [-0.2, -0.15) is 0 Å². The monoisotopic (exact) mass is 580 g/mol. The molecule has 0 saturated carbocycles. The Morgan fingerprint density at radius 2 is 1.29 bits per heavy atom. The molecular formula is C40H28N4O. The van der Waals surface area contributed by atoms with E-state index in [9.17, 15) is 0 Å². The number of hydrogen-bond donors (Lipinski definition) is 0. The Morgan fingerprint density at radius 3 is 2.16 bits per heavy atom. The van der Waals surface area contributed by atoms with Gasteiger partial charge in [0.1, 0.15) is 23.6 Å². The van der Waals surface area contributed by atoms with Gasteiger partial charge in [0.2, 0.25) is 0 Å². The lowest BCUT2D eigenvalue weighted by Crippen LogP contribution is -1.98. The fourth-order valence-electron chi connectivity index (χ4n) is 6.91. The summed E-state index contributed by atoms with van der Waals surface area (Å²) < 4.78 is 11.0. The summed E-state index contributed by atoms with van der Waals surface area (Å²) in [6.45, 7) is 4.31. The highest BCUT2D eigenvalue weighted by Crippen LogP contribution is 2.38. The van der Waals surface area contributed by atoms with E-state index in [-0.39, 0.29) is 0 Å². The van der Waals surface area contributed by atoms with E-state index in [1.54, 1.807) is 0 Å². The number of aromatic nitrogens is 4. The van der Waals surface area contributed by atoms with Crippen molar-refractivity contribution < 1.29 is 4.74 Å². The van der Waals surface area contributed by atoms with Gasteiger partial charge < -0.3 is 4.74 Å². The molecule has 5 heteroatoms. The number of ether oxygens (including phenoxy) is 1. The summed E-state index contributed by atoms with van der Waals surface area (Å²) in [6.07, 6.45) is 3.78. The van der Waals surface area contributed by atoms with Crippen molar-refractivity contribution in [2.75, 3.05) is 0 Å². The van der Waals surface area contributed by atoms with E-state index < -0.39 is 0 Å². The van der Waals surface area contributed by atoms with Crippen molar-refractivity contribution >= 4 is 54.4 Å². The average molecular weight is 581 g/mol. The van der Waals surface area contributed by atoms with Gasteiger partial charge >= 0.3 is 0 Å². The zero-order valence-corrected chi connectivity index (χ0v) is 24.9. The third-order valence-electron chi connectivity index (χ3n) is 8.93. The van der Waals surface area contributed by atoms with Gasteiger partial charge in [-0.05, 0) is 89.7 Å². The minimum absolute atomic E-state index is 0.770. The van der Waals surface area contributed by atoms with Gasteiger partial charge in [0.05, 0.1) is 27.8 Å². The SMILES string of the molecule is Cc1cccc(C)c1-n1cnc2c3c(ccc4ccc(Oc5ccc6c7ccccc7n(-c7ccccn7)c6c5)cc43)ccc21. The van der Waals surface area contributed by atoms with Crippen molar-refractivity contribution in [3.63, 3.8) is 0 Å². The van der Waals surface area contributed by atoms with Crippen LogP contribution in [0.1, 0.15) is 11.1 Å². The normalized spacial score (nSPS) is 11.8. The second-order valence-electron chi connectivity index (χ2n) is 11.7. The number of rotatable bonds is 4. The maximum absolute atomic E-state index is 6.59. The molecule has 0 unspecified atom stereocenters. The Morgan fingerprint density at radius 1 is 0.556 bits per heavy atom. The molecule has 0 aliphatic carbocycles. The van der Waals surface area contributed by atoms with Crippen LogP contribution in [0.2, 0.25) is 0 Å². The van der Waals surface area contributed by atoms with Gasteiger partial charge in [-0.25, -0.2) is 9.97 Å². The summed E-state index contributed by atoms with van der Waals surface area (Å²) in [6, 6.07) is 42.2. The van der Waals surface area contributed by atoms with Crippen LogP contribution in [0.15, 0.2) is 134 Å². The summed E-state index contributed by atoms with van der Waals surface area (Å²) in [7, 11) is 0. The molecule has 214 valence electrons. The van der Waals surface area contributed by atoms with Gasteiger partial charge in [-0.3, -0.25) is 9.13 Å². The summed E-state index contributed by atoms with van der Waals surface area (Å²) >= 11 is 0. The number of para-hydroxylation sites is 2. The highest BCUT2D eigenvalue weighted by Gasteiger charge is 2.16. The Bertz CT molecular complexity index is 2570. The number of imidazole rings is 1. The highest BCUT2D eigenvalue weighted by atomic mass is 16.5. The molecule has 0 bridgehead atoms. The van der Waals surface area contributed by atoms with Crippen LogP contribution in [0.5, 0.6) is 11.5 Å². The molecule has 3 aromatic heterocycles. The first-order valence-corrected chi connectivity index (χ1v) is 15.2. The maximum Gasteiger partial charge on any atom is 0.137 e. The fourth-order valence-corrected chi connectivity index (χ4v) is 6.91. The smallest absolute Gasteiger partial charge is 0.137 e. The van der Waals surface area contributed by atoms with Crippen LogP contribution in [0.4, 0.5) is 0 Å². The lowest BCUT2D eigenvalue weighted by molar-refractivity contribution is 0.484. The molecule has 0 atom stereocenters. The summed E-state index contributed by atoms with van der Waals surface area (Å²) in [5.74, 6) is 2.43. The number of nitrogens with zero attached hydrogens (tertiary/aromatic N) is 4. The molecular weight excluding hydrogens is 552 g/mol. The van der Waals surface area contributed by atoms with E-state index in [4.69, 9.17) is 9.72 Å². The van der Waals surface area contributed by atoms with E-state index >= 15 is 0 Å². The maximum atomic E-state index is 6.59. The topological polar surface area (TPSA) is 44.9 Å². The molecule has 9 aromatic rings. The number of hydrogen-bond acceptors (Lipinski definition) is 3. The molecule has 45 heavy (non-hydrogen) atoms. The van der Waals surface area contributed by atoms with Crippen molar-refractivity contribution in [1.82, 2.24) is 19.1 Å². The van der Waals surface area contributed by atoms with Crippen molar-refractivity contribution in [2.24, 2.45) is 0 Å². The molecule has 6 aromatic carbocycles. The molecule has 0 amide bonds. The Labute approximate surface area is 259 Å². The number of fused-ring (bicyclic) bond motifs is 8. The first-order chi connectivity index (χ1) is 22.1. The van der Waals surface area contributed by atoms with Crippen molar-refractivity contribution in [3.05, 3.63) is 145 Å². The highest BCUT2D eigenvalue weighted by molar-refractivity contribution is 6.19. The molecule has 0 aliphatic rings. The average Bonchev–Trinajstić information content (AvgIpc) is 3.64. The zero-order chi connectivity index (χ0) is 30.1. The van der Waals surface area contributed by atoms with Gasteiger partial charge in [0.15, 0.2) is 0 Å².